The smallest absolute Gasteiger partial charge is 0.408 e. The summed E-state index contributed by atoms with van der Waals surface area (Å²) in [4.78, 5) is 23.8. The average molecular weight is 335 g/mol. The van der Waals surface area contributed by atoms with Crippen molar-refractivity contribution >= 4 is 12.1 Å². The van der Waals surface area contributed by atoms with Crippen molar-refractivity contribution < 1.29 is 23.8 Å². The minimum atomic E-state index is -0.546. The van der Waals surface area contributed by atoms with E-state index in [4.69, 9.17) is 14.2 Å². The number of carbonyl (C=O) groups excluding carboxylic acids is 2. The number of rotatable bonds is 5. The molecule has 24 heavy (non-hydrogen) atoms. The quantitative estimate of drug-likeness (QED) is 0.836. The highest BCUT2D eigenvalue weighted by Crippen LogP contribution is 2.36. The second kappa shape index (κ2) is 6.71. The van der Waals surface area contributed by atoms with Gasteiger partial charge in [-0.1, -0.05) is 11.6 Å². The lowest BCUT2D eigenvalue weighted by Gasteiger charge is -2.23. The third-order valence-electron chi connectivity index (χ3n) is 3.66. The number of nitrogens with one attached hydrogen (secondary N) is 1. The van der Waals surface area contributed by atoms with Crippen LogP contribution in [0.2, 0.25) is 0 Å². The highest BCUT2D eigenvalue weighted by Gasteiger charge is 2.46. The normalized spacial score (nSPS) is 15.4. The maximum absolute atomic E-state index is 11.9. The molecule has 1 aromatic carbocycles. The van der Waals surface area contributed by atoms with Gasteiger partial charge in [0.25, 0.3) is 0 Å². The van der Waals surface area contributed by atoms with Crippen LogP contribution >= 0.6 is 0 Å². The highest BCUT2D eigenvalue weighted by atomic mass is 16.6. The highest BCUT2D eigenvalue weighted by molar-refractivity contribution is 5.92. The Bertz CT molecular complexity index is 629. The summed E-state index contributed by atoms with van der Waals surface area (Å²) in [5.41, 5.74) is 0.345. The minimum Gasteiger partial charge on any atom is -0.490 e. The van der Waals surface area contributed by atoms with Crippen LogP contribution in [0.4, 0.5) is 4.79 Å². The van der Waals surface area contributed by atoms with E-state index in [0.717, 1.165) is 18.4 Å². The zero-order valence-corrected chi connectivity index (χ0v) is 14.9. The molecule has 0 spiro atoms. The summed E-state index contributed by atoms with van der Waals surface area (Å²) in [6, 6.07) is 5.33. The Balaban J connectivity index is 2.01. The van der Waals surface area contributed by atoms with Crippen molar-refractivity contribution in [1.82, 2.24) is 5.32 Å². The summed E-state index contributed by atoms with van der Waals surface area (Å²) in [5, 5.41) is 2.87. The Hall–Kier alpha value is -2.24. The van der Waals surface area contributed by atoms with E-state index in [1.807, 2.05) is 33.8 Å². The van der Waals surface area contributed by atoms with E-state index in [1.165, 1.54) is 7.11 Å². The van der Waals surface area contributed by atoms with Crippen LogP contribution in [0.5, 0.6) is 5.75 Å². The summed E-state index contributed by atoms with van der Waals surface area (Å²) >= 11 is 0. The molecule has 1 saturated carbocycles. The van der Waals surface area contributed by atoms with Crippen molar-refractivity contribution in [2.75, 3.05) is 13.7 Å². The Kier molecular flexibility index (Phi) is 5.06. The van der Waals surface area contributed by atoms with Gasteiger partial charge in [0, 0.05) is 0 Å². The van der Waals surface area contributed by atoms with E-state index < -0.39 is 23.2 Å². The van der Waals surface area contributed by atoms with E-state index >= 15 is 0 Å². The van der Waals surface area contributed by atoms with Crippen molar-refractivity contribution in [3.8, 4) is 5.75 Å². The van der Waals surface area contributed by atoms with Crippen LogP contribution in [0.25, 0.3) is 0 Å². The zero-order valence-electron chi connectivity index (χ0n) is 14.9. The van der Waals surface area contributed by atoms with Crippen molar-refractivity contribution in [2.24, 2.45) is 0 Å². The number of ether oxygens (including phenoxy) is 3. The van der Waals surface area contributed by atoms with E-state index in [-0.39, 0.29) is 6.61 Å². The topological polar surface area (TPSA) is 73.9 Å². The maximum atomic E-state index is 11.9. The first-order chi connectivity index (χ1) is 11.1. The van der Waals surface area contributed by atoms with Crippen LogP contribution in [-0.2, 0) is 9.47 Å². The molecule has 6 heteroatoms. The van der Waals surface area contributed by atoms with E-state index in [0.29, 0.717) is 11.3 Å². The summed E-state index contributed by atoms with van der Waals surface area (Å²) < 4.78 is 15.9. The molecule has 132 valence electrons. The molecule has 6 nitrogen and oxygen atoms in total. The van der Waals surface area contributed by atoms with Crippen LogP contribution in [0.3, 0.4) is 0 Å². The number of hydrogen-bond acceptors (Lipinski definition) is 5. The Morgan fingerprint density at radius 3 is 2.46 bits per heavy atom. The maximum Gasteiger partial charge on any atom is 0.408 e. The standard InChI is InChI=1S/C18H25NO5/c1-12-6-7-14(13(10-12)15(20)22-5)23-11-18(8-9-18)19-16(21)24-17(2,3)4/h6-7,10H,8-9,11H2,1-5H3,(H,19,21). The van der Waals surface area contributed by atoms with E-state index in [9.17, 15) is 9.59 Å². The summed E-state index contributed by atoms with van der Waals surface area (Å²) in [6.45, 7) is 7.62. The predicted octanol–water partition coefficient (Wildman–Crippen LogP) is 3.22. The number of aryl methyl sites for hydroxylation is 1. The van der Waals surface area contributed by atoms with Crippen LogP contribution in [0.1, 0.15) is 49.5 Å². The summed E-state index contributed by atoms with van der Waals surface area (Å²) in [7, 11) is 1.33. The number of esters is 1. The molecule has 0 heterocycles. The van der Waals surface area contributed by atoms with Gasteiger partial charge < -0.3 is 19.5 Å². The van der Waals surface area contributed by atoms with Gasteiger partial charge in [0.2, 0.25) is 0 Å². The fraction of sp³-hybridized carbons (Fsp3) is 0.556. The lowest BCUT2D eigenvalue weighted by Crippen LogP contribution is -2.44. The molecule has 0 bridgehead atoms. The van der Waals surface area contributed by atoms with Gasteiger partial charge in [-0.2, -0.15) is 0 Å². The number of hydrogen-bond donors (Lipinski definition) is 1. The lowest BCUT2D eigenvalue weighted by atomic mass is 10.1. The Morgan fingerprint density at radius 2 is 1.92 bits per heavy atom. The minimum absolute atomic E-state index is 0.277. The molecule has 0 radical (unpaired) electrons. The fourth-order valence-corrected chi connectivity index (χ4v) is 2.23. The SMILES string of the molecule is COC(=O)c1cc(C)ccc1OCC1(NC(=O)OC(C)(C)C)CC1. The fourth-order valence-electron chi connectivity index (χ4n) is 2.23. The summed E-state index contributed by atoms with van der Waals surface area (Å²) in [6.07, 6.45) is 1.16. The number of amides is 1. The molecule has 1 aliphatic carbocycles. The first-order valence-corrected chi connectivity index (χ1v) is 7.97. The van der Waals surface area contributed by atoms with Gasteiger partial charge in [0.05, 0.1) is 12.6 Å². The number of carbonyl (C=O) groups is 2. The first-order valence-electron chi connectivity index (χ1n) is 7.97. The lowest BCUT2D eigenvalue weighted by molar-refractivity contribution is 0.0472. The van der Waals surface area contributed by atoms with Crippen LogP contribution in [0, 0.1) is 6.92 Å². The molecular weight excluding hydrogens is 310 g/mol. The Labute approximate surface area is 142 Å². The number of benzene rings is 1. The Morgan fingerprint density at radius 1 is 1.25 bits per heavy atom. The van der Waals surface area contributed by atoms with Gasteiger partial charge in [-0.05, 0) is 52.7 Å². The van der Waals surface area contributed by atoms with Gasteiger partial charge in [-0.3, -0.25) is 0 Å². The van der Waals surface area contributed by atoms with Gasteiger partial charge in [0.1, 0.15) is 23.5 Å². The van der Waals surface area contributed by atoms with Crippen LogP contribution in [0.15, 0.2) is 18.2 Å². The second-order valence-corrected chi connectivity index (χ2v) is 7.19. The first kappa shape index (κ1) is 18.1. The molecule has 0 unspecified atom stereocenters. The molecular formula is C18H25NO5. The molecule has 1 N–H and O–H groups in total. The van der Waals surface area contributed by atoms with Gasteiger partial charge in [0.15, 0.2) is 0 Å². The molecule has 2 rings (SSSR count). The third kappa shape index (κ3) is 4.88. The third-order valence-corrected chi connectivity index (χ3v) is 3.66. The molecule has 1 amide bonds. The van der Waals surface area contributed by atoms with Gasteiger partial charge >= 0.3 is 12.1 Å². The van der Waals surface area contributed by atoms with Crippen molar-refractivity contribution in [2.45, 2.75) is 51.7 Å². The molecule has 1 fully saturated rings. The molecule has 0 aromatic heterocycles. The summed E-state index contributed by atoms with van der Waals surface area (Å²) in [5.74, 6) is 0.00311. The van der Waals surface area contributed by atoms with Crippen molar-refractivity contribution in [1.29, 1.82) is 0 Å². The van der Waals surface area contributed by atoms with Gasteiger partial charge in [-0.25, -0.2) is 9.59 Å². The molecule has 0 atom stereocenters. The van der Waals surface area contributed by atoms with Crippen LogP contribution in [-0.4, -0.2) is 36.9 Å². The van der Waals surface area contributed by atoms with E-state index in [2.05, 4.69) is 5.32 Å². The molecule has 0 aliphatic heterocycles. The average Bonchev–Trinajstić information content (AvgIpc) is 3.22. The monoisotopic (exact) mass is 335 g/mol. The van der Waals surface area contributed by atoms with Crippen molar-refractivity contribution in [3.05, 3.63) is 29.3 Å². The molecule has 1 aromatic rings. The van der Waals surface area contributed by atoms with E-state index in [1.54, 1.807) is 12.1 Å². The second-order valence-electron chi connectivity index (χ2n) is 7.19. The van der Waals surface area contributed by atoms with Gasteiger partial charge in [-0.15, -0.1) is 0 Å². The molecule has 1 aliphatic rings. The largest absolute Gasteiger partial charge is 0.490 e. The van der Waals surface area contributed by atoms with Crippen molar-refractivity contribution in [3.63, 3.8) is 0 Å². The number of alkyl carbamates (subject to hydrolysis) is 1. The predicted molar refractivity (Wildman–Crippen MR) is 89.3 cm³/mol. The number of methoxy groups -OCH3 is 1. The molecule has 0 saturated heterocycles. The van der Waals surface area contributed by atoms with Crippen LogP contribution < -0.4 is 10.1 Å². The zero-order chi connectivity index (χ0) is 18.0.